The van der Waals surface area contributed by atoms with E-state index in [1.54, 1.807) is 0 Å². The average Bonchev–Trinajstić information content (AvgIpc) is 3.06. The van der Waals surface area contributed by atoms with Crippen molar-refractivity contribution in [3.8, 4) is 11.5 Å². The van der Waals surface area contributed by atoms with Crippen LogP contribution in [0.3, 0.4) is 0 Å². The lowest BCUT2D eigenvalue weighted by Gasteiger charge is -2.26. The van der Waals surface area contributed by atoms with E-state index in [9.17, 15) is 24.2 Å². The standard InChI is InChI=1S/C25H29FN2O5/c1-4-27(5-2)13-6-14-28-22(16-7-9-17(26)10-8-16)21(24(31)25(28)32)23(30)19-12-11-18(33-3)15-20(19)29/h7-12,15,22,29-30H,4-6,13-14H2,1-3H3/b23-21+. The van der Waals surface area contributed by atoms with E-state index in [1.165, 1.54) is 54.5 Å². The average molecular weight is 457 g/mol. The van der Waals surface area contributed by atoms with Crippen molar-refractivity contribution in [1.82, 2.24) is 9.80 Å². The number of ether oxygens (including phenoxy) is 1. The van der Waals surface area contributed by atoms with Gasteiger partial charge in [-0.15, -0.1) is 0 Å². The number of likely N-dealkylation sites (tertiary alicyclic amines) is 1. The molecule has 176 valence electrons. The first-order valence-electron chi connectivity index (χ1n) is 11.0. The van der Waals surface area contributed by atoms with Crippen molar-refractivity contribution < 1.29 is 28.9 Å². The second kappa shape index (κ2) is 10.5. The minimum atomic E-state index is -0.899. The summed E-state index contributed by atoms with van der Waals surface area (Å²) in [6.45, 7) is 6.87. The second-order valence-corrected chi connectivity index (χ2v) is 7.81. The van der Waals surface area contributed by atoms with Crippen LogP contribution in [-0.4, -0.2) is 65.0 Å². The van der Waals surface area contributed by atoms with Crippen LogP contribution in [0.2, 0.25) is 0 Å². The quantitative estimate of drug-likeness (QED) is 0.340. The molecule has 1 aliphatic heterocycles. The van der Waals surface area contributed by atoms with Gasteiger partial charge in [0.25, 0.3) is 11.7 Å². The predicted octanol–water partition coefficient (Wildman–Crippen LogP) is 3.69. The highest BCUT2D eigenvalue weighted by atomic mass is 19.1. The number of aromatic hydroxyl groups is 1. The summed E-state index contributed by atoms with van der Waals surface area (Å²) in [7, 11) is 1.44. The molecule has 3 rings (SSSR count). The largest absolute Gasteiger partial charge is 0.507 e. The first kappa shape index (κ1) is 24.3. The number of aliphatic hydroxyl groups is 1. The maximum atomic E-state index is 13.6. The highest BCUT2D eigenvalue weighted by molar-refractivity contribution is 6.46. The number of phenolic OH excluding ortho intramolecular Hbond substituents is 1. The number of aliphatic hydroxyl groups excluding tert-OH is 1. The van der Waals surface area contributed by atoms with Gasteiger partial charge in [0.15, 0.2) is 0 Å². The fourth-order valence-electron chi connectivity index (χ4n) is 4.09. The minimum Gasteiger partial charge on any atom is -0.507 e. The Kier molecular flexibility index (Phi) is 7.71. The Morgan fingerprint density at radius 2 is 1.79 bits per heavy atom. The third-order valence-corrected chi connectivity index (χ3v) is 5.95. The normalized spacial score (nSPS) is 17.7. The highest BCUT2D eigenvalue weighted by Crippen LogP contribution is 2.41. The number of benzene rings is 2. The van der Waals surface area contributed by atoms with Gasteiger partial charge in [0.05, 0.1) is 24.3 Å². The summed E-state index contributed by atoms with van der Waals surface area (Å²) in [6, 6.07) is 8.83. The van der Waals surface area contributed by atoms with E-state index in [4.69, 9.17) is 4.74 Å². The van der Waals surface area contributed by atoms with Gasteiger partial charge in [-0.25, -0.2) is 4.39 Å². The molecule has 1 unspecified atom stereocenters. The van der Waals surface area contributed by atoms with E-state index in [-0.39, 0.29) is 23.4 Å². The van der Waals surface area contributed by atoms with Gasteiger partial charge in [-0.1, -0.05) is 26.0 Å². The third-order valence-electron chi connectivity index (χ3n) is 5.95. The Balaban J connectivity index is 2.05. The molecule has 0 radical (unpaired) electrons. The number of carbonyl (C=O) groups excluding carboxylic acids is 2. The fraction of sp³-hybridized carbons (Fsp3) is 0.360. The molecule has 1 atom stereocenters. The molecule has 0 saturated carbocycles. The summed E-state index contributed by atoms with van der Waals surface area (Å²) in [6.07, 6.45) is 0.625. The molecule has 2 N–H and O–H groups in total. The number of amides is 1. The smallest absolute Gasteiger partial charge is 0.295 e. The van der Waals surface area contributed by atoms with Crippen LogP contribution < -0.4 is 4.74 Å². The topological polar surface area (TPSA) is 90.3 Å². The lowest BCUT2D eigenvalue weighted by molar-refractivity contribution is -0.140. The van der Waals surface area contributed by atoms with Crippen LogP contribution in [0.15, 0.2) is 48.0 Å². The van der Waals surface area contributed by atoms with Gasteiger partial charge in [0.2, 0.25) is 0 Å². The molecule has 2 aromatic carbocycles. The van der Waals surface area contributed by atoms with Crippen molar-refractivity contribution in [3.05, 3.63) is 65.0 Å². The first-order valence-corrected chi connectivity index (χ1v) is 11.0. The minimum absolute atomic E-state index is 0.00375. The molecule has 0 aromatic heterocycles. The number of hydrogen-bond acceptors (Lipinski definition) is 6. The Labute approximate surface area is 192 Å². The predicted molar refractivity (Wildman–Crippen MR) is 122 cm³/mol. The molecule has 1 amide bonds. The summed E-state index contributed by atoms with van der Waals surface area (Å²) in [4.78, 5) is 29.6. The van der Waals surface area contributed by atoms with Crippen LogP contribution in [0.5, 0.6) is 11.5 Å². The van der Waals surface area contributed by atoms with Crippen LogP contribution in [0.1, 0.15) is 37.4 Å². The molecule has 7 nitrogen and oxygen atoms in total. The van der Waals surface area contributed by atoms with Gasteiger partial charge in [-0.3, -0.25) is 9.59 Å². The Morgan fingerprint density at radius 1 is 1.12 bits per heavy atom. The molecule has 1 heterocycles. The van der Waals surface area contributed by atoms with Gasteiger partial charge in [0, 0.05) is 12.6 Å². The molecule has 1 aliphatic rings. The summed E-state index contributed by atoms with van der Waals surface area (Å²) >= 11 is 0. The maximum Gasteiger partial charge on any atom is 0.295 e. The molecule has 2 aromatic rings. The molecule has 1 fully saturated rings. The highest BCUT2D eigenvalue weighted by Gasteiger charge is 2.46. The van der Waals surface area contributed by atoms with Gasteiger partial charge < -0.3 is 24.7 Å². The fourth-order valence-corrected chi connectivity index (χ4v) is 4.09. The van der Waals surface area contributed by atoms with E-state index in [1.807, 2.05) is 0 Å². The van der Waals surface area contributed by atoms with Crippen LogP contribution in [0.25, 0.3) is 5.76 Å². The SMILES string of the molecule is CCN(CC)CCCN1C(=O)C(=O)/C(=C(/O)c2ccc(OC)cc2O)C1c1ccc(F)cc1. The zero-order chi connectivity index (χ0) is 24.1. The van der Waals surface area contributed by atoms with Crippen molar-refractivity contribution in [3.63, 3.8) is 0 Å². The number of halogens is 1. The monoisotopic (exact) mass is 456 g/mol. The van der Waals surface area contributed by atoms with Gasteiger partial charge in [-0.05, 0) is 55.9 Å². The summed E-state index contributed by atoms with van der Waals surface area (Å²) in [5, 5.41) is 21.4. The molecule has 0 aliphatic carbocycles. The Morgan fingerprint density at radius 3 is 2.36 bits per heavy atom. The number of ketones is 1. The summed E-state index contributed by atoms with van der Waals surface area (Å²) in [5.41, 5.74) is 0.354. The van der Waals surface area contributed by atoms with E-state index >= 15 is 0 Å². The molecule has 33 heavy (non-hydrogen) atoms. The first-order chi connectivity index (χ1) is 15.8. The zero-order valence-corrected chi connectivity index (χ0v) is 19.0. The van der Waals surface area contributed by atoms with Crippen LogP contribution >= 0.6 is 0 Å². The molecular formula is C25H29FN2O5. The summed E-state index contributed by atoms with van der Waals surface area (Å²) in [5.74, 6) is -2.45. The Bertz CT molecular complexity index is 1050. The van der Waals surface area contributed by atoms with Crippen molar-refractivity contribution in [1.29, 1.82) is 0 Å². The van der Waals surface area contributed by atoms with E-state index in [0.29, 0.717) is 17.7 Å². The number of phenols is 1. The van der Waals surface area contributed by atoms with Crippen LogP contribution in [-0.2, 0) is 9.59 Å². The van der Waals surface area contributed by atoms with Gasteiger partial charge in [0.1, 0.15) is 23.1 Å². The number of nitrogens with zero attached hydrogens (tertiary/aromatic N) is 2. The summed E-state index contributed by atoms with van der Waals surface area (Å²) < 4.78 is 18.6. The van der Waals surface area contributed by atoms with Crippen molar-refractivity contribution in [2.24, 2.45) is 0 Å². The van der Waals surface area contributed by atoms with Crippen LogP contribution in [0.4, 0.5) is 4.39 Å². The lowest BCUT2D eigenvalue weighted by Crippen LogP contribution is -2.33. The van der Waals surface area contributed by atoms with Gasteiger partial charge in [-0.2, -0.15) is 0 Å². The number of Topliss-reactive ketones (excluding diaryl/α,β-unsaturated/α-hetero) is 1. The number of hydrogen-bond donors (Lipinski definition) is 2. The van der Waals surface area contributed by atoms with Crippen molar-refractivity contribution in [2.75, 3.05) is 33.3 Å². The molecule has 8 heteroatoms. The second-order valence-electron chi connectivity index (χ2n) is 7.81. The molecular weight excluding hydrogens is 427 g/mol. The lowest BCUT2D eigenvalue weighted by atomic mass is 9.95. The number of rotatable bonds is 9. The maximum absolute atomic E-state index is 13.6. The molecule has 0 bridgehead atoms. The van der Waals surface area contributed by atoms with E-state index < -0.39 is 29.3 Å². The van der Waals surface area contributed by atoms with Crippen molar-refractivity contribution >= 4 is 17.4 Å². The third kappa shape index (κ3) is 5.01. The number of carbonyl (C=O) groups is 2. The molecule has 0 spiro atoms. The van der Waals surface area contributed by atoms with E-state index in [2.05, 4.69) is 18.7 Å². The van der Waals surface area contributed by atoms with Crippen LogP contribution in [0, 0.1) is 5.82 Å². The Hall–Kier alpha value is -3.39. The molecule has 1 saturated heterocycles. The zero-order valence-electron chi connectivity index (χ0n) is 19.0. The van der Waals surface area contributed by atoms with E-state index in [0.717, 1.165) is 19.6 Å². The van der Waals surface area contributed by atoms with Crippen molar-refractivity contribution in [2.45, 2.75) is 26.3 Å². The van der Waals surface area contributed by atoms with Gasteiger partial charge >= 0.3 is 0 Å². The number of methoxy groups -OCH3 is 1.